The molecular weight excluding hydrogens is 414 g/mol. The molecule has 2 aromatic carbocycles. The summed E-state index contributed by atoms with van der Waals surface area (Å²) in [5, 5.41) is 5.12. The lowest BCUT2D eigenvalue weighted by Crippen LogP contribution is -2.43. The van der Waals surface area contributed by atoms with Crippen LogP contribution in [0.4, 0.5) is 0 Å². The summed E-state index contributed by atoms with van der Waals surface area (Å²) in [5.41, 5.74) is 2.09. The fraction of sp³-hybridized carbons (Fsp3) is 0.368. The minimum atomic E-state index is -4.00. The zero-order valence-electron chi connectivity index (χ0n) is 16.1. The fourth-order valence-electron chi connectivity index (χ4n) is 3.31. The molecule has 10 heteroatoms. The second kappa shape index (κ2) is 8.90. The van der Waals surface area contributed by atoms with E-state index in [1.165, 1.54) is 18.2 Å². The number of hydrogen-bond donors (Lipinski definition) is 2. The monoisotopic (exact) mass is 439 g/mol. The van der Waals surface area contributed by atoms with Crippen LogP contribution in [0.5, 0.6) is 0 Å². The Kier molecular flexibility index (Phi) is 6.72. The maximum Gasteiger partial charge on any atom is 0.240 e. The molecule has 1 aliphatic rings. The number of rotatable bonds is 7. The van der Waals surface area contributed by atoms with Gasteiger partial charge in [-0.05, 0) is 30.7 Å². The summed E-state index contributed by atoms with van der Waals surface area (Å²) in [5.74, 6) is 0. The molecule has 0 aliphatic carbocycles. The van der Waals surface area contributed by atoms with Crippen LogP contribution in [0, 0.1) is 6.92 Å². The van der Waals surface area contributed by atoms with Gasteiger partial charge in [-0.3, -0.25) is 4.90 Å². The molecule has 1 heterocycles. The Morgan fingerprint density at radius 3 is 2.34 bits per heavy atom. The Bertz CT molecular complexity index is 1060. The van der Waals surface area contributed by atoms with Gasteiger partial charge in [0.05, 0.1) is 23.0 Å². The third kappa shape index (κ3) is 5.62. The second-order valence-electron chi connectivity index (χ2n) is 6.95. The summed E-state index contributed by atoms with van der Waals surface area (Å²) in [6.45, 7) is 4.70. The summed E-state index contributed by atoms with van der Waals surface area (Å²) in [6, 6.07) is 12.8. The number of morpholine rings is 1. The van der Waals surface area contributed by atoms with Gasteiger partial charge in [0.2, 0.25) is 20.0 Å². The van der Waals surface area contributed by atoms with Crippen molar-refractivity contribution in [3.8, 4) is 0 Å². The highest BCUT2D eigenvalue weighted by Gasteiger charge is 2.25. The summed E-state index contributed by atoms with van der Waals surface area (Å²) in [7, 11) is -7.92. The van der Waals surface area contributed by atoms with Crippen LogP contribution in [0.3, 0.4) is 0 Å². The summed E-state index contributed by atoms with van der Waals surface area (Å²) in [6.07, 6.45) is 0. The number of nitrogens with two attached hydrogens (primary N) is 1. The van der Waals surface area contributed by atoms with Gasteiger partial charge in [-0.1, -0.05) is 35.9 Å². The molecule has 1 aliphatic heterocycles. The first-order valence-corrected chi connectivity index (χ1v) is 12.2. The summed E-state index contributed by atoms with van der Waals surface area (Å²) < 4.78 is 56.7. The van der Waals surface area contributed by atoms with Crippen molar-refractivity contribution in [1.82, 2.24) is 9.62 Å². The van der Waals surface area contributed by atoms with E-state index in [1.807, 2.05) is 31.2 Å². The largest absolute Gasteiger partial charge is 0.379 e. The minimum absolute atomic E-state index is 0.144. The molecule has 29 heavy (non-hydrogen) atoms. The van der Waals surface area contributed by atoms with Crippen molar-refractivity contribution in [2.45, 2.75) is 22.8 Å². The molecule has 1 fully saturated rings. The Hall–Kier alpha value is -1.82. The van der Waals surface area contributed by atoms with E-state index in [0.29, 0.717) is 26.3 Å². The lowest BCUT2D eigenvalue weighted by molar-refractivity contribution is 0.0172. The summed E-state index contributed by atoms with van der Waals surface area (Å²) in [4.78, 5) is 1.79. The van der Waals surface area contributed by atoms with E-state index in [0.717, 1.165) is 17.2 Å². The summed E-state index contributed by atoms with van der Waals surface area (Å²) >= 11 is 0. The quantitative estimate of drug-likeness (QED) is 0.664. The first-order valence-electron chi connectivity index (χ1n) is 9.18. The van der Waals surface area contributed by atoms with Crippen molar-refractivity contribution >= 4 is 20.0 Å². The van der Waals surface area contributed by atoms with E-state index in [4.69, 9.17) is 9.88 Å². The zero-order valence-corrected chi connectivity index (χ0v) is 17.7. The van der Waals surface area contributed by atoms with E-state index in [1.54, 1.807) is 0 Å². The standard InChI is InChI=1S/C19H25N3O5S2/c1-15-4-2-5-16(12-15)19(22-8-10-27-11-9-22)14-21-29(25,26)18-7-3-6-17(13-18)28(20,23)24/h2-7,12-13,19,21H,8-11,14H2,1H3,(H2,20,23,24). The van der Waals surface area contributed by atoms with Crippen LogP contribution in [-0.4, -0.2) is 54.6 Å². The molecule has 0 aromatic heterocycles. The van der Waals surface area contributed by atoms with E-state index in [2.05, 4.69) is 9.62 Å². The van der Waals surface area contributed by atoms with Crippen LogP contribution >= 0.6 is 0 Å². The smallest absolute Gasteiger partial charge is 0.240 e. The molecule has 0 amide bonds. The molecular formula is C19H25N3O5S2. The van der Waals surface area contributed by atoms with Gasteiger partial charge in [-0.15, -0.1) is 0 Å². The van der Waals surface area contributed by atoms with Crippen LogP contribution in [0.15, 0.2) is 58.3 Å². The maximum atomic E-state index is 12.8. The number of primary sulfonamides is 1. The van der Waals surface area contributed by atoms with Crippen LogP contribution in [-0.2, 0) is 24.8 Å². The van der Waals surface area contributed by atoms with Crippen LogP contribution in [0.2, 0.25) is 0 Å². The first kappa shape index (κ1) is 21.9. The molecule has 8 nitrogen and oxygen atoms in total. The topological polar surface area (TPSA) is 119 Å². The van der Waals surface area contributed by atoms with Gasteiger partial charge in [0, 0.05) is 25.7 Å². The predicted octanol–water partition coefficient (Wildman–Crippen LogP) is 0.994. The lowest BCUT2D eigenvalue weighted by atomic mass is 10.0. The Balaban J connectivity index is 1.84. The Morgan fingerprint density at radius 2 is 1.69 bits per heavy atom. The van der Waals surface area contributed by atoms with Crippen molar-refractivity contribution in [3.05, 3.63) is 59.7 Å². The number of hydrogen-bond acceptors (Lipinski definition) is 6. The highest BCUT2D eigenvalue weighted by molar-refractivity contribution is 7.90. The average Bonchev–Trinajstić information content (AvgIpc) is 2.68. The van der Waals surface area contributed by atoms with Gasteiger partial charge in [-0.25, -0.2) is 26.7 Å². The number of aryl methyl sites for hydroxylation is 1. The molecule has 0 radical (unpaired) electrons. The number of ether oxygens (including phenoxy) is 1. The van der Waals surface area contributed by atoms with Crippen molar-refractivity contribution in [1.29, 1.82) is 0 Å². The third-order valence-corrected chi connectivity index (χ3v) is 7.16. The van der Waals surface area contributed by atoms with E-state index in [-0.39, 0.29) is 22.4 Å². The number of benzene rings is 2. The molecule has 1 unspecified atom stereocenters. The van der Waals surface area contributed by atoms with Gasteiger partial charge in [-0.2, -0.15) is 0 Å². The number of nitrogens with zero attached hydrogens (tertiary/aromatic N) is 1. The Morgan fingerprint density at radius 1 is 1.03 bits per heavy atom. The third-order valence-electron chi connectivity index (χ3n) is 4.82. The van der Waals surface area contributed by atoms with E-state index in [9.17, 15) is 16.8 Å². The highest BCUT2D eigenvalue weighted by atomic mass is 32.2. The van der Waals surface area contributed by atoms with Gasteiger partial charge in [0.1, 0.15) is 0 Å². The average molecular weight is 440 g/mol. The highest BCUT2D eigenvalue weighted by Crippen LogP contribution is 2.23. The molecule has 2 aromatic rings. The van der Waals surface area contributed by atoms with Crippen LogP contribution in [0.1, 0.15) is 17.2 Å². The van der Waals surface area contributed by atoms with E-state index >= 15 is 0 Å². The molecule has 0 saturated carbocycles. The molecule has 3 N–H and O–H groups in total. The van der Waals surface area contributed by atoms with Crippen molar-refractivity contribution < 1.29 is 21.6 Å². The van der Waals surface area contributed by atoms with Gasteiger partial charge in [0.15, 0.2) is 0 Å². The molecule has 0 spiro atoms. The van der Waals surface area contributed by atoms with Crippen molar-refractivity contribution in [2.75, 3.05) is 32.8 Å². The molecule has 1 saturated heterocycles. The normalized spacial score (nSPS) is 17.2. The molecule has 0 bridgehead atoms. The zero-order chi connectivity index (χ0) is 21.1. The van der Waals surface area contributed by atoms with Gasteiger partial charge in [0.25, 0.3) is 0 Å². The van der Waals surface area contributed by atoms with Gasteiger partial charge >= 0.3 is 0 Å². The van der Waals surface area contributed by atoms with Crippen molar-refractivity contribution in [2.24, 2.45) is 5.14 Å². The number of sulfonamides is 2. The SMILES string of the molecule is Cc1cccc(C(CNS(=O)(=O)c2cccc(S(N)(=O)=O)c2)N2CCOCC2)c1. The predicted molar refractivity (Wildman–Crippen MR) is 109 cm³/mol. The minimum Gasteiger partial charge on any atom is -0.379 e. The van der Waals surface area contributed by atoms with Crippen LogP contribution in [0.25, 0.3) is 0 Å². The first-order chi connectivity index (χ1) is 13.7. The second-order valence-corrected chi connectivity index (χ2v) is 10.3. The fourth-order valence-corrected chi connectivity index (χ4v) is 5.03. The van der Waals surface area contributed by atoms with Crippen LogP contribution < -0.4 is 9.86 Å². The van der Waals surface area contributed by atoms with Crippen molar-refractivity contribution in [3.63, 3.8) is 0 Å². The Labute approximate surface area is 171 Å². The van der Waals surface area contributed by atoms with E-state index < -0.39 is 20.0 Å². The molecule has 1 atom stereocenters. The lowest BCUT2D eigenvalue weighted by Gasteiger charge is -2.35. The number of nitrogens with one attached hydrogen (secondary N) is 1. The van der Waals surface area contributed by atoms with Gasteiger partial charge < -0.3 is 4.74 Å². The maximum absolute atomic E-state index is 12.8. The molecule has 158 valence electrons. The molecule has 3 rings (SSSR count).